The molecule has 1 aromatic heterocycles. The summed E-state index contributed by atoms with van der Waals surface area (Å²) in [5, 5.41) is 14.4. The zero-order valence-electron chi connectivity index (χ0n) is 12.5. The minimum Gasteiger partial charge on any atom is -0.462 e. The third-order valence-electron chi connectivity index (χ3n) is 2.50. The molecule has 1 heterocycles. The van der Waals surface area contributed by atoms with Crippen LogP contribution in [0, 0.1) is 10.1 Å². The molecule has 0 unspecified atom stereocenters. The SMILES string of the molecule is C[Si](C)(C)CCOCn1cc([N+](=O)[O-])c(OCC(F)(F)F)n1. The van der Waals surface area contributed by atoms with Gasteiger partial charge in [-0.15, -0.1) is 5.10 Å². The summed E-state index contributed by atoms with van der Waals surface area (Å²) in [6, 6.07) is 0.897. The van der Waals surface area contributed by atoms with E-state index in [0.717, 1.165) is 16.9 Å². The summed E-state index contributed by atoms with van der Waals surface area (Å²) in [5.74, 6) is -0.670. The molecule has 0 spiro atoms. The summed E-state index contributed by atoms with van der Waals surface area (Å²) in [6.07, 6.45) is -3.61. The van der Waals surface area contributed by atoms with Crippen LogP contribution in [0.3, 0.4) is 0 Å². The van der Waals surface area contributed by atoms with Crippen molar-refractivity contribution in [3.63, 3.8) is 0 Å². The molecule has 0 N–H and O–H groups in total. The van der Waals surface area contributed by atoms with Gasteiger partial charge in [0.2, 0.25) is 0 Å². The lowest BCUT2D eigenvalue weighted by molar-refractivity contribution is -0.386. The number of ether oxygens (including phenoxy) is 2. The number of nitrogens with zero attached hydrogens (tertiary/aromatic N) is 3. The molecule has 22 heavy (non-hydrogen) atoms. The first kappa shape index (κ1) is 18.4. The van der Waals surface area contributed by atoms with Gasteiger partial charge < -0.3 is 9.47 Å². The molecule has 0 saturated heterocycles. The molecule has 0 radical (unpaired) electrons. The highest BCUT2D eigenvalue weighted by Crippen LogP contribution is 2.26. The first-order valence-corrected chi connectivity index (χ1v) is 10.2. The number of hydrogen-bond donors (Lipinski definition) is 0. The van der Waals surface area contributed by atoms with Gasteiger partial charge in [-0.2, -0.15) is 13.2 Å². The Labute approximate surface area is 126 Å². The molecule has 1 rings (SSSR count). The van der Waals surface area contributed by atoms with Crippen LogP contribution >= 0.6 is 0 Å². The second-order valence-corrected chi connectivity index (χ2v) is 11.5. The third-order valence-corrected chi connectivity index (χ3v) is 4.20. The zero-order chi connectivity index (χ0) is 17.0. The van der Waals surface area contributed by atoms with Gasteiger partial charge in [0.25, 0.3) is 0 Å². The minimum atomic E-state index is -4.59. The van der Waals surface area contributed by atoms with Gasteiger partial charge in [-0.1, -0.05) is 19.6 Å². The summed E-state index contributed by atoms with van der Waals surface area (Å²) in [4.78, 5) is 9.93. The van der Waals surface area contributed by atoms with E-state index in [1.165, 1.54) is 0 Å². The average molecular weight is 341 g/mol. The van der Waals surface area contributed by atoms with Crippen LogP contribution < -0.4 is 4.74 Å². The van der Waals surface area contributed by atoms with E-state index in [4.69, 9.17) is 4.74 Å². The number of halogens is 3. The number of nitro groups is 1. The Bertz CT molecular complexity index is 514. The summed E-state index contributed by atoms with van der Waals surface area (Å²) in [7, 11) is -1.27. The van der Waals surface area contributed by atoms with Crippen molar-refractivity contribution in [2.24, 2.45) is 0 Å². The lowest BCUT2D eigenvalue weighted by Crippen LogP contribution is -2.22. The van der Waals surface area contributed by atoms with Crippen LogP contribution in [-0.4, -0.2) is 42.2 Å². The summed E-state index contributed by atoms with van der Waals surface area (Å²) in [5.41, 5.74) is -0.627. The largest absolute Gasteiger partial charge is 0.462 e. The molecule has 11 heteroatoms. The molecule has 7 nitrogen and oxygen atoms in total. The molecule has 0 bridgehead atoms. The van der Waals surface area contributed by atoms with Gasteiger partial charge in [-0.25, -0.2) is 4.68 Å². The fourth-order valence-corrected chi connectivity index (χ4v) is 2.13. The van der Waals surface area contributed by atoms with E-state index >= 15 is 0 Å². The van der Waals surface area contributed by atoms with Gasteiger partial charge in [0.1, 0.15) is 12.9 Å². The smallest absolute Gasteiger partial charge is 0.422 e. The van der Waals surface area contributed by atoms with Gasteiger partial charge >= 0.3 is 17.7 Å². The van der Waals surface area contributed by atoms with Crippen molar-refractivity contribution in [1.29, 1.82) is 0 Å². The molecule has 126 valence electrons. The van der Waals surface area contributed by atoms with Gasteiger partial charge in [0, 0.05) is 14.7 Å². The average Bonchev–Trinajstić information content (AvgIpc) is 2.73. The van der Waals surface area contributed by atoms with Gasteiger partial charge in [0.15, 0.2) is 6.61 Å². The molecule has 0 aliphatic carbocycles. The summed E-state index contributed by atoms with van der Waals surface area (Å²) in [6.45, 7) is 5.23. The normalized spacial score (nSPS) is 12.5. The number of alkyl halides is 3. The second kappa shape index (κ2) is 7.09. The van der Waals surface area contributed by atoms with Gasteiger partial charge in [0.05, 0.1) is 4.92 Å². The number of rotatable bonds is 8. The fraction of sp³-hybridized carbons (Fsp3) is 0.727. The van der Waals surface area contributed by atoms with Crippen LogP contribution in [0.15, 0.2) is 6.20 Å². The highest BCUT2D eigenvalue weighted by atomic mass is 28.3. The Kier molecular flexibility index (Phi) is 5.94. The van der Waals surface area contributed by atoms with Crippen LogP contribution in [-0.2, 0) is 11.5 Å². The van der Waals surface area contributed by atoms with Crippen molar-refractivity contribution >= 4 is 13.8 Å². The molecule has 0 fully saturated rings. The molecule has 1 aromatic rings. The Morgan fingerprint density at radius 3 is 2.55 bits per heavy atom. The van der Waals surface area contributed by atoms with Crippen molar-refractivity contribution in [2.45, 2.75) is 38.6 Å². The first-order chi connectivity index (χ1) is 9.98. The molecular weight excluding hydrogens is 323 g/mol. The fourth-order valence-electron chi connectivity index (χ4n) is 1.37. The zero-order valence-corrected chi connectivity index (χ0v) is 13.5. The Morgan fingerprint density at radius 1 is 1.41 bits per heavy atom. The van der Waals surface area contributed by atoms with Crippen molar-refractivity contribution in [2.75, 3.05) is 13.2 Å². The van der Waals surface area contributed by atoms with Gasteiger partial charge in [-0.3, -0.25) is 10.1 Å². The van der Waals surface area contributed by atoms with Crippen LogP contribution in [0.5, 0.6) is 5.88 Å². The van der Waals surface area contributed by atoms with E-state index in [1.807, 2.05) is 0 Å². The van der Waals surface area contributed by atoms with E-state index in [9.17, 15) is 23.3 Å². The van der Waals surface area contributed by atoms with Crippen molar-refractivity contribution in [3.8, 4) is 5.88 Å². The Balaban J connectivity index is 2.63. The second-order valence-electron chi connectivity index (χ2n) is 5.87. The molecule has 0 saturated carbocycles. The molecule has 0 amide bonds. The van der Waals surface area contributed by atoms with Crippen molar-refractivity contribution in [3.05, 3.63) is 16.3 Å². The quantitative estimate of drug-likeness (QED) is 0.314. The molecular formula is C11H18F3N3O4Si. The highest BCUT2D eigenvalue weighted by molar-refractivity contribution is 6.76. The summed E-state index contributed by atoms with van der Waals surface area (Å²) >= 11 is 0. The summed E-state index contributed by atoms with van der Waals surface area (Å²) < 4.78 is 47.0. The lowest BCUT2D eigenvalue weighted by atomic mass is 10.5. The maximum absolute atomic E-state index is 12.1. The topological polar surface area (TPSA) is 79.4 Å². The van der Waals surface area contributed by atoms with E-state index < -0.39 is 37.3 Å². The van der Waals surface area contributed by atoms with E-state index in [-0.39, 0.29) is 6.73 Å². The van der Waals surface area contributed by atoms with E-state index in [1.54, 1.807) is 0 Å². The minimum absolute atomic E-state index is 0.0826. The van der Waals surface area contributed by atoms with Gasteiger partial charge in [-0.05, 0) is 6.04 Å². The van der Waals surface area contributed by atoms with Crippen LogP contribution in [0.1, 0.15) is 0 Å². The molecule has 0 aromatic carbocycles. The number of hydrogen-bond acceptors (Lipinski definition) is 5. The van der Waals surface area contributed by atoms with Crippen LogP contribution in [0.4, 0.5) is 18.9 Å². The van der Waals surface area contributed by atoms with Crippen molar-refractivity contribution < 1.29 is 27.6 Å². The maximum atomic E-state index is 12.1. The molecule has 0 atom stereocenters. The highest BCUT2D eigenvalue weighted by Gasteiger charge is 2.31. The molecule has 0 aliphatic heterocycles. The van der Waals surface area contributed by atoms with E-state index in [2.05, 4.69) is 29.5 Å². The maximum Gasteiger partial charge on any atom is 0.422 e. The standard InChI is InChI=1S/C11H18F3N3O4Si/c1-22(2,3)5-4-20-8-16-6-9(17(18)19)10(15-16)21-7-11(12,13)14/h6H,4-5,7-8H2,1-3H3. The van der Waals surface area contributed by atoms with Crippen LogP contribution in [0.2, 0.25) is 25.7 Å². The van der Waals surface area contributed by atoms with Crippen LogP contribution in [0.25, 0.3) is 0 Å². The number of aromatic nitrogens is 2. The lowest BCUT2D eigenvalue weighted by Gasteiger charge is -2.15. The predicted octanol–water partition coefficient (Wildman–Crippen LogP) is 3.04. The Morgan fingerprint density at radius 2 is 2.05 bits per heavy atom. The molecule has 0 aliphatic rings. The van der Waals surface area contributed by atoms with E-state index in [0.29, 0.717) is 6.61 Å². The third kappa shape index (κ3) is 6.89. The van der Waals surface area contributed by atoms with Crippen molar-refractivity contribution in [1.82, 2.24) is 9.78 Å². The predicted molar refractivity (Wildman–Crippen MR) is 74.5 cm³/mol. The first-order valence-electron chi connectivity index (χ1n) is 6.47. The monoisotopic (exact) mass is 341 g/mol. The Hall–Kier alpha value is -1.62.